The van der Waals surface area contributed by atoms with E-state index in [0.29, 0.717) is 17.0 Å². The highest BCUT2D eigenvalue weighted by atomic mass is 19.4. The van der Waals surface area contributed by atoms with E-state index in [2.05, 4.69) is 15.3 Å². The first kappa shape index (κ1) is 28.7. The molecule has 0 spiro atoms. The fourth-order valence-corrected chi connectivity index (χ4v) is 4.86. The molecule has 4 rings (SSSR count). The van der Waals surface area contributed by atoms with E-state index in [-0.39, 0.29) is 25.6 Å². The molecule has 0 saturated carbocycles. The number of amides is 1. The fraction of sp³-hybridized carbons (Fsp3) is 0.522. The zero-order valence-electron chi connectivity index (χ0n) is 20.1. The van der Waals surface area contributed by atoms with Crippen LogP contribution in [0.25, 0.3) is 0 Å². The van der Waals surface area contributed by atoms with Crippen molar-refractivity contribution in [2.75, 3.05) is 42.9 Å². The Balaban J connectivity index is 1.55. The smallest absolute Gasteiger partial charge is 0.369 e. The van der Waals surface area contributed by atoms with Crippen LogP contribution < -0.4 is 16.0 Å². The largest absolute Gasteiger partial charge is 0.416 e. The number of nitrogens with one attached hydrogen (secondary N) is 1. The molecule has 2 saturated heterocycles. The first-order valence-electron chi connectivity index (χ1n) is 11.7. The summed E-state index contributed by atoms with van der Waals surface area (Å²) in [5.41, 5.74) is 3.21. The van der Waals surface area contributed by atoms with Crippen LogP contribution in [0.2, 0.25) is 0 Å². The summed E-state index contributed by atoms with van der Waals surface area (Å²) in [6.45, 7) is -2.55. The molecular formula is C23H23F9N6O. The lowest BCUT2D eigenvalue weighted by molar-refractivity contribution is -0.137. The number of rotatable bonds is 7. The van der Waals surface area contributed by atoms with Crippen molar-refractivity contribution < 1.29 is 44.3 Å². The standard InChI is InChI=1S/C23H23F9N6O/c24-15-5-12(23(30,31)32)1-2-14(15)16-6-21(26,27)9-38(16)20-18(25)19(35-11-36-20)34-7-13-3-4-37(8-17(33)39)10-22(13,28)29/h1-2,5,11,13,16H,3-4,6-10H2,(H2,33,39)(H,34,35,36)/t13-,16+/m0/s1. The zero-order chi connectivity index (χ0) is 28.8. The van der Waals surface area contributed by atoms with Crippen LogP contribution in [0, 0.1) is 17.6 Å². The van der Waals surface area contributed by atoms with Gasteiger partial charge in [-0.2, -0.15) is 17.6 Å². The average molecular weight is 570 g/mol. The van der Waals surface area contributed by atoms with E-state index in [1.165, 1.54) is 4.90 Å². The predicted octanol–water partition coefficient (Wildman–Crippen LogP) is 4.21. The summed E-state index contributed by atoms with van der Waals surface area (Å²) in [5.74, 6) is -12.7. The van der Waals surface area contributed by atoms with Crippen LogP contribution in [-0.2, 0) is 11.0 Å². The zero-order valence-corrected chi connectivity index (χ0v) is 20.1. The maximum absolute atomic E-state index is 15.4. The molecule has 2 aliphatic heterocycles. The van der Waals surface area contributed by atoms with Gasteiger partial charge in [0.25, 0.3) is 11.8 Å². The minimum atomic E-state index is -4.87. The van der Waals surface area contributed by atoms with Gasteiger partial charge in [-0.1, -0.05) is 6.07 Å². The predicted molar refractivity (Wildman–Crippen MR) is 120 cm³/mol. The number of hydrogen-bond acceptors (Lipinski definition) is 6. The van der Waals surface area contributed by atoms with E-state index < -0.39 is 96.3 Å². The van der Waals surface area contributed by atoms with Gasteiger partial charge >= 0.3 is 6.18 Å². The summed E-state index contributed by atoms with van der Waals surface area (Å²) < 4.78 is 127. The number of hydrogen-bond donors (Lipinski definition) is 2. The number of benzene rings is 1. The molecule has 3 heterocycles. The lowest BCUT2D eigenvalue weighted by Crippen LogP contribution is -2.52. The second-order valence-electron chi connectivity index (χ2n) is 9.60. The number of primary amides is 1. The van der Waals surface area contributed by atoms with Crippen LogP contribution in [-0.4, -0.2) is 65.3 Å². The molecule has 2 aromatic rings. The summed E-state index contributed by atoms with van der Waals surface area (Å²) in [6.07, 6.45) is -5.17. The van der Waals surface area contributed by atoms with E-state index in [1.807, 2.05) is 0 Å². The number of anilines is 2. The van der Waals surface area contributed by atoms with Crippen LogP contribution in [0.3, 0.4) is 0 Å². The molecule has 0 aliphatic carbocycles. The molecule has 214 valence electrons. The van der Waals surface area contributed by atoms with Crippen molar-refractivity contribution in [2.45, 2.75) is 36.9 Å². The van der Waals surface area contributed by atoms with Gasteiger partial charge in [-0.25, -0.2) is 31.9 Å². The minimum absolute atomic E-state index is 0.0690. The van der Waals surface area contributed by atoms with Crippen molar-refractivity contribution in [3.05, 3.63) is 47.3 Å². The van der Waals surface area contributed by atoms with Gasteiger partial charge in [0.15, 0.2) is 11.6 Å². The highest BCUT2D eigenvalue weighted by Crippen LogP contribution is 2.45. The minimum Gasteiger partial charge on any atom is -0.369 e. The van der Waals surface area contributed by atoms with Gasteiger partial charge in [0.05, 0.1) is 31.2 Å². The lowest BCUT2D eigenvalue weighted by Gasteiger charge is -2.37. The van der Waals surface area contributed by atoms with Crippen molar-refractivity contribution in [1.82, 2.24) is 14.9 Å². The van der Waals surface area contributed by atoms with Gasteiger partial charge in [-0.15, -0.1) is 0 Å². The fourth-order valence-electron chi connectivity index (χ4n) is 4.86. The summed E-state index contributed by atoms with van der Waals surface area (Å²) >= 11 is 0. The second kappa shape index (κ2) is 10.4. The topological polar surface area (TPSA) is 87.4 Å². The summed E-state index contributed by atoms with van der Waals surface area (Å²) in [6, 6.07) is -0.159. The summed E-state index contributed by atoms with van der Waals surface area (Å²) in [5, 5.41) is 2.44. The quantitative estimate of drug-likeness (QED) is 0.485. The van der Waals surface area contributed by atoms with Crippen LogP contribution in [0.1, 0.15) is 30.0 Å². The van der Waals surface area contributed by atoms with Crippen molar-refractivity contribution >= 4 is 17.5 Å². The number of aromatic nitrogens is 2. The van der Waals surface area contributed by atoms with Crippen molar-refractivity contribution in [2.24, 2.45) is 11.7 Å². The van der Waals surface area contributed by atoms with Gasteiger partial charge < -0.3 is 16.0 Å². The second-order valence-corrected chi connectivity index (χ2v) is 9.60. The Labute approximate surface area is 216 Å². The van der Waals surface area contributed by atoms with Crippen molar-refractivity contribution in [3.8, 4) is 0 Å². The SMILES string of the molecule is NC(=O)CN1CC[C@@H](CNc2ncnc(N3CC(F)(F)C[C@@H]3c3ccc(C(F)(F)F)cc3F)c2F)C(F)(F)C1. The number of likely N-dealkylation sites (tertiary alicyclic amines) is 1. The van der Waals surface area contributed by atoms with Crippen LogP contribution in [0.5, 0.6) is 0 Å². The van der Waals surface area contributed by atoms with Gasteiger partial charge in [0.1, 0.15) is 12.1 Å². The molecule has 7 nitrogen and oxygen atoms in total. The van der Waals surface area contributed by atoms with E-state index in [9.17, 15) is 39.9 Å². The molecule has 0 bridgehead atoms. The first-order chi connectivity index (χ1) is 18.1. The number of piperidine rings is 1. The molecule has 3 N–H and O–H groups in total. The Kier molecular flexibility index (Phi) is 7.62. The molecule has 0 unspecified atom stereocenters. The first-order valence-corrected chi connectivity index (χ1v) is 11.7. The third-order valence-corrected chi connectivity index (χ3v) is 6.72. The molecule has 1 aromatic carbocycles. The number of carbonyl (C=O) groups is 1. The molecule has 0 radical (unpaired) electrons. The van der Waals surface area contributed by atoms with Crippen molar-refractivity contribution in [3.63, 3.8) is 0 Å². The van der Waals surface area contributed by atoms with Gasteiger partial charge in [-0.3, -0.25) is 9.69 Å². The Morgan fingerprint density at radius 1 is 1.13 bits per heavy atom. The lowest BCUT2D eigenvalue weighted by atomic mass is 9.92. The molecule has 1 aromatic heterocycles. The Morgan fingerprint density at radius 2 is 1.85 bits per heavy atom. The van der Waals surface area contributed by atoms with Gasteiger partial charge in [0.2, 0.25) is 11.7 Å². The molecule has 16 heteroatoms. The maximum Gasteiger partial charge on any atom is 0.416 e. The monoisotopic (exact) mass is 570 g/mol. The highest BCUT2D eigenvalue weighted by Gasteiger charge is 2.48. The number of nitrogens with two attached hydrogens (primary N) is 1. The summed E-state index contributed by atoms with van der Waals surface area (Å²) in [7, 11) is 0. The highest BCUT2D eigenvalue weighted by molar-refractivity contribution is 5.75. The molecule has 1 amide bonds. The third-order valence-electron chi connectivity index (χ3n) is 6.72. The van der Waals surface area contributed by atoms with Crippen LogP contribution >= 0.6 is 0 Å². The maximum atomic E-state index is 15.4. The van der Waals surface area contributed by atoms with Gasteiger partial charge in [-0.05, 0) is 25.1 Å². The van der Waals surface area contributed by atoms with Crippen LogP contribution in [0.15, 0.2) is 24.5 Å². The third kappa shape index (κ3) is 6.31. The molecular weight excluding hydrogens is 547 g/mol. The van der Waals surface area contributed by atoms with Crippen LogP contribution in [0.4, 0.5) is 51.1 Å². The average Bonchev–Trinajstić information content (AvgIpc) is 3.12. The number of alkyl halides is 7. The van der Waals surface area contributed by atoms with E-state index in [1.54, 1.807) is 0 Å². The van der Waals surface area contributed by atoms with E-state index >= 15 is 4.39 Å². The molecule has 39 heavy (non-hydrogen) atoms. The molecule has 2 aliphatic rings. The number of nitrogens with zero attached hydrogens (tertiary/aromatic N) is 4. The van der Waals surface area contributed by atoms with E-state index in [4.69, 9.17) is 5.73 Å². The Morgan fingerprint density at radius 3 is 2.46 bits per heavy atom. The Hall–Kier alpha value is -3.30. The van der Waals surface area contributed by atoms with E-state index in [0.717, 1.165) is 6.33 Å². The molecule has 2 atom stereocenters. The number of halogens is 9. The van der Waals surface area contributed by atoms with Crippen molar-refractivity contribution in [1.29, 1.82) is 0 Å². The number of carbonyl (C=O) groups excluding carboxylic acids is 1. The Bertz CT molecular complexity index is 1230. The van der Waals surface area contributed by atoms with Gasteiger partial charge in [0, 0.05) is 24.4 Å². The normalized spacial score (nSPS) is 23.2. The summed E-state index contributed by atoms with van der Waals surface area (Å²) in [4.78, 5) is 20.3. The molecule has 2 fully saturated rings.